The van der Waals surface area contributed by atoms with E-state index >= 15 is 0 Å². The average molecular weight is 360 g/mol. The summed E-state index contributed by atoms with van der Waals surface area (Å²) in [6.07, 6.45) is 1.49. The lowest BCUT2D eigenvalue weighted by atomic mass is 10.1. The minimum Gasteiger partial charge on any atom is -0.484 e. The van der Waals surface area contributed by atoms with Crippen LogP contribution in [0.5, 0.6) is 0 Å². The van der Waals surface area contributed by atoms with E-state index in [9.17, 15) is 9.18 Å². The van der Waals surface area contributed by atoms with E-state index < -0.39 is 5.82 Å². The van der Waals surface area contributed by atoms with Crippen molar-refractivity contribution in [3.05, 3.63) is 28.5 Å². The van der Waals surface area contributed by atoms with Gasteiger partial charge in [-0.25, -0.2) is 4.39 Å². The number of carbonyl (C=O) groups is 1. The van der Waals surface area contributed by atoms with Crippen molar-refractivity contribution >= 4 is 40.5 Å². The molecule has 1 aromatic rings. The van der Waals surface area contributed by atoms with Gasteiger partial charge in [0.2, 0.25) is 5.91 Å². The monoisotopic (exact) mass is 359 g/mol. The van der Waals surface area contributed by atoms with Gasteiger partial charge < -0.3 is 10.1 Å². The number of hydrogen-bond donors (Lipinski definition) is 1. The van der Waals surface area contributed by atoms with Gasteiger partial charge in [0.05, 0.1) is 11.8 Å². The van der Waals surface area contributed by atoms with E-state index in [-0.39, 0.29) is 28.6 Å². The van der Waals surface area contributed by atoms with Gasteiger partial charge in [0, 0.05) is 17.9 Å². The summed E-state index contributed by atoms with van der Waals surface area (Å²) in [6.45, 7) is 7.78. The summed E-state index contributed by atoms with van der Waals surface area (Å²) in [6, 6.07) is 2.70. The smallest absolute Gasteiger partial charge is 0.224 e. The van der Waals surface area contributed by atoms with Gasteiger partial charge in [0.1, 0.15) is 5.82 Å². The fraction of sp³-hybridized carbons (Fsp3) is 0.529. The van der Waals surface area contributed by atoms with E-state index in [2.05, 4.69) is 5.32 Å². The first-order valence-electron chi connectivity index (χ1n) is 7.70. The molecule has 0 saturated carbocycles. The van der Waals surface area contributed by atoms with Gasteiger partial charge in [-0.05, 0) is 49.2 Å². The maximum Gasteiger partial charge on any atom is 0.224 e. The van der Waals surface area contributed by atoms with Gasteiger partial charge in [-0.1, -0.05) is 32.4 Å². The lowest BCUT2D eigenvalue weighted by Crippen LogP contribution is -2.16. The summed E-state index contributed by atoms with van der Waals surface area (Å²) in [7, 11) is 0. The zero-order valence-corrected chi connectivity index (χ0v) is 15.5. The van der Waals surface area contributed by atoms with Gasteiger partial charge in [0.25, 0.3) is 0 Å². The van der Waals surface area contributed by atoms with Gasteiger partial charge >= 0.3 is 0 Å². The molecule has 0 heterocycles. The number of thiocarbonyl (C=S) groups is 1. The Bertz CT molecular complexity index is 578. The lowest BCUT2D eigenvalue weighted by Gasteiger charge is -2.15. The summed E-state index contributed by atoms with van der Waals surface area (Å²) in [5, 5.41) is 3.24. The second-order valence-corrected chi connectivity index (χ2v) is 6.82. The van der Waals surface area contributed by atoms with Crippen LogP contribution < -0.4 is 5.32 Å². The van der Waals surface area contributed by atoms with E-state index in [0.29, 0.717) is 23.5 Å². The van der Waals surface area contributed by atoms with Crippen LogP contribution in [0, 0.1) is 11.7 Å². The number of anilines is 1. The first-order valence-corrected chi connectivity index (χ1v) is 8.48. The molecular formula is C17H23ClFNO2S. The van der Waals surface area contributed by atoms with Crippen LogP contribution in [0.25, 0.3) is 0 Å². The van der Waals surface area contributed by atoms with E-state index in [1.165, 1.54) is 12.1 Å². The van der Waals surface area contributed by atoms with E-state index in [1.807, 2.05) is 27.7 Å². The average Bonchev–Trinajstić information content (AvgIpc) is 2.42. The van der Waals surface area contributed by atoms with Crippen LogP contribution in [0.4, 0.5) is 10.1 Å². The highest BCUT2D eigenvalue weighted by atomic mass is 35.5. The summed E-state index contributed by atoms with van der Waals surface area (Å²) >= 11 is 11.3. The van der Waals surface area contributed by atoms with E-state index in [1.54, 1.807) is 0 Å². The maximum absolute atomic E-state index is 14.0. The van der Waals surface area contributed by atoms with Crippen LogP contribution in [-0.2, 0) is 16.0 Å². The second-order valence-electron chi connectivity index (χ2n) is 5.96. The summed E-state index contributed by atoms with van der Waals surface area (Å²) in [5.74, 6) is -0.600. The Morgan fingerprint density at radius 2 is 2.04 bits per heavy atom. The van der Waals surface area contributed by atoms with Crippen LogP contribution in [0.15, 0.2) is 12.1 Å². The number of amides is 1. The molecule has 1 rings (SSSR count). The molecule has 1 N–H and O–H groups in total. The molecule has 3 nitrogen and oxygen atoms in total. The SMILES string of the molecule is CCC(C)OC(=S)Cc1cc(NC(=O)CC(C)C)c(F)cc1Cl. The molecule has 0 aliphatic rings. The quantitative estimate of drug-likeness (QED) is 0.684. The highest BCUT2D eigenvalue weighted by Gasteiger charge is 2.14. The number of benzene rings is 1. The zero-order chi connectivity index (χ0) is 17.6. The topological polar surface area (TPSA) is 38.3 Å². The molecule has 0 spiro atoms. The van der Waals surface area contributed by atoms with Crippen molar-refractivity contribution in [2.24, 2.45) is 5.92 Å². The number of halogens is 2. The molecule has 1 unspecified atom stereocenters. The predicted octanol–water partition coefficient (Wildman–Crippen LogP) is 5.15. The van der Waals surface area contributed by atoms with Crippen LogP contribution >= 0.6 is 23.8 Å². The molecule has 0 saturated heterocycles. The molecule has 0 fully saturated rings. The highest BCUT2D eigenvalue weighted by molar-refractivity contribution is 7.80. The molecule has 1 atom stereocenters. The molecule has 0 radical (unpaired) electrons. The van der Waals surface area contributed by atoms with Gasteiger partial charge in [-0.2, -0.15) is 0 Å². The Hall–Kier alpha value is -1.20. The molecule has 23 heavy (non-hydrogen) atoms. The van der Waals surface area contributed by atoms with Crippen molar-refractivity contribution in [1.82, 2.24) is 0 Å². The van der Waals surface area contributed by atoms with Crippen LogP contribution in [-0.4, -0.2) is 17.1 Å². The Morgan fingerprint density at radius 1 is 1.39 bits per heavy atom. The highest BCUT2D eigenvalue weighted by Crippen LogP contribution is 2.26. The molecule has 1 aromatic carbocycles. The molecule has 6 heteroatoms. The Balaban J connectivity index is 2.87. The lowest BCUT2D eigenvalue weighted by molar-refractivity contribution is -0.116. The van der Waals surface area contributed by atoms with E-state index in [4.69, 9.17) is 28.6 Å². The van der Waals surface area contributed by atoms with Crippen molar-refractivity contribution in [3.8, 4) is 0 Å². The summed E-state index contributed by atoms with van der Waals surface area (Å²) < 4.78 is 19.5. The normalized spacial score (nSPS) is 12.1. The van der Waals surface area contributed by atoms with E-state index in [0.717, 1.165) is 6.42 Å². The third kappa shape index (κ3) is 6.83. The van der Waals surface area contributed by atoms with Gasteiger partial charge in [0.15, 0.2) is 5.05 Å². The first kappa shape index (κ1) is 19.8. The fourth-order valence-corrected chi connectivity index (χ4v) is 2.44. The maximum atomic E-state index is 14.0. The van der Waals surface area contributed by atoms with Crippen LogP contribution in [0.1, 0.15) is 46.1 Å². The van der Waals surface area contributed by atoms with Crippen molar-refractivity contribution in [2.75, 3.05) is 5.32 Å². The number of nitrogens with one attached hydrogen (secondary N) is 1. The Morgan fingerprint density at radius 3 is 2.61 bits per heavy atom. The fourth-order valence-electron chi connectivity index (χ4n) is 1.90. The third-order valence-corrected chi connectivity index (χ3v) is 3.84. The third-order valence-electron chi connectivity index (χ3n) is 3.25. The van der Waals surface area contributed by atoms with Gasteiger partial charge in [-0.15, -0.1) is 0 Å². The Kier molecular flexibility index (Phi) is 7.92. The molecule has 0 aromatic heterocycles. The molecule has 1 amide bonds. The largest absolute Gasteiger partial charge is 0.484 e. The zero-order valence-electron chi connectivity index (χ0n) is 13.9. The molecule has 0 aliphatic carbocycles. The minimum absolute atomic E-state index is 0.0203. The van der Waals surface area contributed by atoms with Gasteiger partial charge in [-0.3, -0.25) is 4.79 Å². The second kappa shape index (κ2) is 9.18. The van der Waals surface area contributed by atoms with Crippen molar-refractivity contribution in [2.45, 2.75) is 53.1 Å². The first-order chi connectivity index (χ1) is 10.7. The number of carbonyl (C=O) groups excluding carboxylic acids is 1. The van der Waals surface area contributed by atoms with Crippen LogP contribution in [0.3, 0.4) is 0 Å². The van der Waals surface area contributed by atoms with Crippen molar-refractivity contribution < 1.29 is 13.9 Å². The predicted molar refractivity (Wildman–Crippen MR) is 96.6 cm³/mol. The van der Waals surface area contributed by atoms with Crippen molar-refractivity contribution in [3.63, 3.8) is 0 Å². The number of hydrogen-bond acceptors (Lipinski definition) is 3. The summed E-state index contributed by atoms with van der Waals surface area (Å²) in [5.41, 5.74) is 0.739. The molecular weight excluding hydrogens is 337 g/mol. The Labute approximate surface area is 147 Å². The minimum atomic E-state index is -0.565. The summed E-state index contributed by atoms with van der Waals surface area (Å²) in [4.78, 5) is 11.8. The molecule has 0 aliphatic heterocycles. The standard InChI is InChI=1S/C17H23ClFNO2S/c1-5-11(4)22-17(23)8-12-7-15(14(19)9-13(12)18)20-16(21)6-10(2)3/h7,9-11H,5-6,8H2,1-4H3,(H,20,21). The molecule has 0 bridgehead atoms. The molecule has 128 valence electrons. The van der Waals surface area contributed by atoms with Crippen LogP contribution in [0.2, 0.25) is 5.02 Å². The number of ether oxygens (including phenoxy) is 1. The van der Waals surface area contributed by atoms with Crippen molar-refractivity contribution in [1.29, 1.82) is 0 Å². The number of rotatable bonds is 7.